The van der Waals surface area contributed by atoms with Crippen molar-refractivity contribution in [2.45, 2.75) is 12.8 Å². The molecule has 0 fully saturated rings. The minimum atomic E-state index is -4.56. The topological polar surface area (TPSA) is 72.0 Å². The van der Waals surface area contributed by atoms with Crippen LogP contribution in [0.3, 0.4) is 0 Å². The van der Waals surface area contributed by atoms with E-state index in [1.165, 1.54) is 0 Å². The number of aliphatic hydroxyl groups excluding tert-OH is 1. The van der Waals surface area contributed by atoms with Gasteiger partial charge in [-0.1, -0.05) is 0 Å². The Labute approximate surface area is 71.2 Å². The summed E-state index contributed by atoms with van der Waals surface area (Å²) in [7, 11) is 0. The van der Waals surface area contributed by atoms with Crippen LogP contribution in [0, 0.1) is 0 Å². The fourth-order valence-corrected chi connectivity index (χ4v) is 0.687. The molecule has 0 bridgehead atoms. The summed E-state index contributed by atoms with van der Waals surface area (Å²) < 4.78 is 35.9. The zero-order chi connectivity index (χ0) is 10.1. The van der Waals surface area contributed by atoms with Gasteiger partial charge in [0, 0.05) is 0 Å². The molecule has 0 atom stereocenters. The first-order valence-corrected chi connectivity index (χ1v) is 3.24. The third-order valence-corrected chi connectivity index (χ3v) is 1.32. The van der Waals surface area contributed by atoms with Crippen molar-refractivity contribution in [3.8, 4) is 0 Å². The van der Waals surface area contributed by atoms with Gasteiger partial charge >= 0.3 is 6.18 Å². The van der Waals surface area contributed by atoms with Gasteiger partial charge in [-0.2, -0.15) is 13.2 Å². The first-order valence-electron chi connectivity index (χ1n) is 3.24. The van der Waals surface area contributed by atoms with E-state index in [4.69, 9.17) is 10.8 Å². The first kappa shape index (κ1) is 9.72. The summed E-state index contributed by atoms with van der Waals surface area (Å²) in [6, 6.07) is 0. The molecule has 7 heteroatoms. The van der Waals surface area contributed by atoms with Crippen LogP contribution in [0.25, 0.3) is 0 Å². The van der Waals surface area contributed by atoms with Gasteiger partial charge in [0.15, 0.2) is 5.69 Å². The molecule has 1 aromatic rings. The molecule has 0 saturated heterocycles. The maximum absolute atomic E-state index is 12.0. The van der Waals surface area contributed by atoms with Crippen LogP contribution in [0.1, 0.15) is 11.4 Å². The van der Waals surface area contributed by atoms with Gasteiger partial charge in [-0.05, 0) is 0 Å². The smallest absolute Gasteiger partial charge is 0.390 e. The van der Waals surface area contributed by atoms with Crippen molar-refractivity contribution in [3.63, 3.8) is 0 Å². The second kappa shape index (κ2) is 3.17. The van der Waals surface area contributed by atoms with E-state index in [1.54, 1.807) is 0 Å². The highest BCUT2D eigenvalue weighted by Crippen LogP contribution is 2.27. The van der Waals surface area contributed by atoms with Gasteiger partial charge in [0.05, 0.1) is 12.8 Å². The van der Waals surface area contributed by atoms with Gasteiger partial charge < -0.3 is 10.8 Å². The maximum atomic E-state index is 12.0. The Bertz CT molecular complexity index is 312. The Morgan fingerprint density at radius 1 is 1.46 bits per heavy atom. The number of halogens is 3. The lowest BCUT2D eigenvalue weighted by Crippen LogP contribution is -2.12. The largest absolute Gasteiger partial charge is 0.434 e. The first-order chi connectivity index (χ1) is 5.95. The van der Waals surface area contributed by atoms with Crippen molar-refractivity contribution in [2.75, 3.05) is 5.73 Å². The number of anilines is 1. The molecule has 4 nitrogen and oxygen atoms in total. The molecule has 72 valence electrons. The Balaban J connectivity index is 3.10. The molecular weight excluding hydrogens is 187 g/mol. The molecule has 1 heterocycles. The van der Waals surface area contributed by atoms with Crippen LogP contribution in [0.4, 0.5) is 19.0 Å². The standard InChI is InChI=1S/C6H6F3N3O/c7-6(8,9)4-1-11-3(2-13)5(10)12-4/h1,13H,2H2,(H2,10,12). The molecule has 3 N–H and O–H groups in total. The third-order valence-electron chi connectivity index (χ3n) is 1.32. The summed E-state index contributed by atoms with van der Waals surface area (Å²) in [5, 5.41) is 8.55. The number of alkyl halides is 3. The molecule has 1 rings (SSSR count). The Hall–Kier alpha value is -1.37. The number of aliphatic hydroxyl groups is 1. The zero-order valence-electron chi connectivity index (χ0n) is 6.34. The molecule has 0 unspecified atom stereocenters. The maximum Gasteiger partial charge on any atom is 0.434 e. The van der Waals surface area contributed by atoms with Crippen molar-refractivity contribution in [2.24, 2.45) is 0 Å². The Morgan fingerprint density at radius 2 is 2.08 bits per heavy atom. The van der Waals surface area contributed by atoms with E-state index in [-0.39, 0.29) is 5.69 Å². The molecule has 0 radical (unpaired) electrons. The van der Waals surface area contributed by atoms with Crippen molar-refractivity contribution in [1.82, 2.24) is 9.97 Å². The number of rotatable bonds is 1. The van der Waals surface area contributed by atoms with Crippen molar-refractivity contribution in [1.29, 1.82) is 0 Å². The van der Waals surface area contributed by atoms with Crippen LogP contribution in [0.15, 0.2) is 6.20 Å². The molecule has 0 spiro atoms. The van der Waals surface area contributed by atoms with Crippen LogP contribution in [-0.4, -0.2) is 15.1 Å². The highest BCUT2D eigenvalue weighted by atomic mass is 19.4. The van der Waals surface area contributed by atoms with Crippen LogP contribution >= 0.6 is 0 Å². The van der Waals surface area contributed by atoms with E-state index in [1.807, 2.05) is 0 Å². The van der Waals surface area contributed by atoms with Crippen molar-refractivity contribution in [3.05, 3.63) is 17.6 Å². The van der Waals surface area contributed by atoms with Gasteiger partial charge in [-0.3, -0.25) is 4.98 Å². The van der Waals surface area contributed by atoms with Crippen molar-refractivity contribution < 1.29 is 18.3 Å². The van der Waals surface area contributed by atoms with Crippen LogP contribution in [0.5, 0.6) is 0 Å². The summed E-state index contributed by atoms with van der Waals surface area (Å²) in [5.41, 5.74) is 3.87. The lowest BCUT2D eigenvalue weighted by Gasteiger charge is -2.06. The second-order valence-corrected chi connectivity index (χ2v) is 2.24. The summed E-state index contributed by atoms with van der Waals surface area (Å²) in [5.74, 6) is -0.405. The molecule has 0 aliphatic heterocycles. The summed E-state index contributed by atoms with van der Waals surface area (Å²) in [4.78, 5) is 6.35. The van der Waals surface area contributed by atoms with E-state index in [0.29, 0.717) is 6.20 Å². The molecule has 0 aliphatic rings. The monoisotopic (exact) mass is 193 g/mol. The van der Waals surface area contributed by atoms with E-state index in [0.717, 1.165) is 0 Å². The van der Waals surface area contributed by atoms with Gasteiger partial charge in [0.25, 0.3) is 0 Å². The lowest BCUT2D eigenvalue weighted by molar-refractivity contribution is -0.141. The average molecular weight is 193 g/mol. The highest BCUT2D eigenvalue weighted by molar-refractivity contribution is 5.34. The molecule has 0 amide bonds. The highest BCUT2D eigenvalue weighted by Gasteiger charge is 2.33. The second-order valence-electron chi connectivity index (χ2n) is 2.24. The predicted molar refractivity (Wildman–Crippen MR) is 37.4 cm³/mol. The van der Waals surface area contributed by atoms with Crippen LogP contribution in [0.2, 0.25) is 0 Å². The summed E-state index contributed by atoms with van der Waals surface area (Å²) in [6.45, 7) is -0.531. The minimum absolute atomic E-state index is 0.0620. The number of nitrogens with zero attached hydrogens (tertiary/aromatic N) is 2. The SMILES string of the molecule is Nc1nc(C(F)(F)F)cnc1CO. The molecule has 0 aromatic carbocycles. The fourth-order valence-electron chi connectivity index (χ4n) is 0.687. The zero-order valence-corrected chi connectivity index (χ0v) is 6.34. The van der Waals surface area contributed by atoms with E-state index < -0.39 is 24.3 Å². The molecule has 1 aromatic heterocycles. The van der Waals surface area contributed by atoms with Gasteiger partial charge in [0.1, 0.15) is 11.5 Å². The number of hydrogen-bond donors (Lipinski definition) is 2. The van der Waals surface area contributed by atoms with Crippen LogP contribution < -0.4 is 5.73 Å². The van der Waals surface area contributed by atoms with Gasteiger partial charge in [0.2, 0.25) is 0 Å². The van der Waals surface area contributed by atoms with Crippen molar-refractivity contribution >= 4 is 5.82 Å². The average Bonchev–Trinajstić information content (AvgIpc) is 2.02. The van der Waals surface area contributed by atoms with E-state index in [2.05, 4.69) is 9.97 Å². The predicted octanol–water partition coefficient (Wildman–Crippen LogP) is 0.570. The third kappa shape index (κ3) is 2.05. The molecule has 13 heavy (non-hydrogen) atoms. The molecule has 0 saturated carbocycles. The number of nitrogen functional groups attached to an aromatic ring is 1. The normalized spacial score (nSPS) is 11.7. The Kier molecular flexibility index (Phi) is 2.37. The quantitative estimate of drug-likeness (QED) is 0.683. The lowest BCUT2D eigenvalue weighted by atomic mass is 10.4. The Morgan fingerprint density at radius 3 is 2.46 bits per heavy atom. The van der Waals surface area contributed by atoms with Gasteiger partial charge in [-0.15, -0.1) is 0 Å². The summed E-state index contributed by atoms with van der Waals surface area (Å²) >= 11 is 0. The van der Waals surface area contributed by atoms with E-state index >= 15 is 0 Å². The minimum Gasteiger partial charge on any atom is -0.390 e. The summed E-state index contributed by atoms with van der Waals surface area (Å²) in [6.07, 6.45) is -4.03. The van der Waals surface area contributed by atoms with Crippen LogP contribution in [-0.2, 0) is 12.8 Å². The fraction of sp³-hybridized carbons (Fsp3) is 0.333. The van der Waals surface area contributed by atoms with Gasteiger partial charge in [-0.25, -0.2) is 4.98 Å². The number of hydrogen-bond acceptors (Lipinski definition) is 4. The van der Waals surface area contributed by atoms with E-state index in [9.17, 15) is 13.2 Å². The molecular formula is C6H6F3N3O. The number of aromatic nitrogens is 2. The number of nitrogens with two attached hydrogens (primary N) is 1. The molecule has 0 aliphatic carbocycles.